The molecule has 0 bridgehead atoms. The van der Waals surface area contributed by atoms with Crippen molar-refractivity contribution in [1.82, 2.24) is 0 Å². The van der Waals surface area contributed by atoms with Gasteiger partial charge in [-0.25, -0.2) is 0 Å². The molecule has 0 nitrogen and oxygen atoms in total. The highest BCUT2D eigenvalue weighted by Crippen LogP contribution is 2.57. The van der Waals surface area contributed by atoms with Crippen LogP contribution in [0.3, 0.4) is 0 Å². The van der Waals surface area contributed by atoms with Gasteiger partial charge in [0.2, 0.25) is 0 Å². The summed E-state index contributed by atoms with van der Waals surface area (Å²) in [4.78, 5) is 2.93. The first-order valence-corrected chi connectivity index (χ1v) is 33.3. The molecule has 0 saturated heterocycles. The molecular weight excluding hydrogens is 1060 g/mol. The summed E-state index contributed by atoms with van der Waals surface area (Å²) in [7, 11) is 0. The maximum absolute atomic E-state index is 4.45. The van der Waals surface area contributed by atoms with Gasteiger partial charge in [-0.1, -0.05) is 253 Å². The second-order valence-electron chi connectivity index (χ2n) is 22.0. The quantitative estimate of drug-likeness (QED) is 0.0742. The lowest BCUT2D eigenvalue weighted by Gasteiger charge is -2.20. The first-order valence-electron chi connectivity index (χ1n) is 30.5. The largest absolute Gasteiger partial charge is 0.135 e. The molecule has 1 aliphatic heterocycles. The number of hydrogen-bond acceptors (Lipinski definition) is 3. The fourth-order valence-corrected chi connectivity index (χ4v) is 15.0. The zero-order chi connectivity index (χ0) is 59.0. The minimum absolute atomic E-state index is 0.268. The van der Waals surface area contributed by atoms with Crippen molar-refractivity contribution in [3.05, 3.63) is 283 Å². The molecule has 83 heavy (non-hydrogen) atoms. The molecule has 0 fully saturated rings. The summed E-state index contributed by atoms with van der Waals surface area (Å²) >= 11 is 5.92. The normalized spacial score (nSPS) is 18.9. The van der Waals surface area contributed by atoms with Crippen LogP contribution in [0.25, 0.3) is 54.1 Å². The fourth-order valence-electron chi connectivity index (χ4n) is 11.4. The molecule has 1 aromatic heterocycles. The maximum Gasteiger partial charge on any atom is 0.0433 e. The predicted molar refractivity (Wildman–Crippen MR) is 378 cm³/mol. The van der Waals surface area contributed by atoms with E-state index in [1.165, 1.54) is 114 Å². The molecule has 0 spiro atoms. The highest BCUT2D eigenvalue weighted by molar-refractivity contribution is 8.04. The van der Waals surface area contributed by atoms with Crippen molar-refractivity contribution in [1.29, 1.82) is 0 Å². The molecule has 0 radical (unpaired) electrons. The van der Waals surface area contributed by atoms with E-state index < -0.39 is 0 Å². The van der Waals surface area contributed by atoms with Crippen LogP contribution >= 0.6 is 34.9 Å². The van der Waals surface area contributed by atoms with E-state index in [1.54, 1.807) is 10.5 Å². The molecule has 3 heteroatoms. The summed E-state index contributed by atoms with van der Waals surface area (Å²) in [6.07, 6.45) is 43.2. The number of hydrogen-bond donors (Lipinski definition) is 0. The van der Waals surface area contributed by atoms with Crippen LogP contribution in [0.15, 0.2) is 255 Å². The third kappa shape index (κ3) is 15.8. The van der Waals surface area contributed by atoms with Crippen molar-refractivity contribution >= 4 is 66.7 Å². The van der Waals surface area contributed by atoms with Crippen LogP contribution in [0.4, 0.5) is 0 Å². The van der Waals surface area contributed by atoms with Crippen molar-refractivity contribution in [2.75, 3.05) is 11.5 Å². The Morgan fingerprint density at radius 2 is 1.51 bits per heavy atom. The number of rotatable bonds is 19. The van der Waals surface area contributed by atoms with E-state index in [0.29, 0.717) is 11.8 Å². The summed E-state index contributed by atoms with van der Waals surface area (Å²) in [5.74, 6) is 3.31. The van der Waals surface area contributed by atoms with Gasteiger partial charge < -0.3 is 0 Å². The Morgan fingerprint density at radius 3 is 2.28 bits per heavy atom. The van der Waals surface area contributed by atoms with Crippen LogP contribution in [0, 0.1) is 38.5 Å². The standard InChI is InChI=1S/C76H76S3.2C2H6/c1-10-51(5)41-62(38-37-59-27-20-32-68(54(59)8)67-30-15-12-22-53(67)7)60-28-19-25-58(46-60)48-77-72(66(40-50(3)4)44-56(11-2)23-13-14-26-63-49-78-75-55(9)74(63)75)39-36-57-24-18-29-61(45-57)64-42-52(6)43-65(47-64)69-33-21-34-71-70-31-16-17-35-73(70)79-76(69)71;2*1-2/h10,12-22,25-27,29-35,37-47,55,57,60H,3,11,23-24,28,36,48-49H2,1-2,4-9H3;2*1-2H3/b14-13-,38-37+,51-10-,56-44+,62-41+,63-26+,66-40+,72-39-;;. The molecule has 3 unspecified atom stereocenters. The Bertz CT molecular complexity index is 3750. The smallest absolute Gasteiger partial charge is 0.0433 e. The van der Waals surface area contributed by atoms with E-state index in [2.05, 4.69) is 262 Å². The topological polar surface area (TPSA) is 0 Å². The minimum Gasteiger partial charge on any atom is -0.135 e. The van der Waals surface area contributed by atoms with E-state index in [-0.39, 0.29) is 5.92 Å². The number of fused-ring (bicyclic) bond motifs is 3. The van der Waals surface area contributed by atoms with Crippen LogP contribution in [0.2, 0.25) is 0 Å². The number of allylic oxidation sites excluding steroid dienone is 23. The van der Waals surface area contributed by atoms with Gasteiger partial charge in [-0.05, 0) is 180 Å². The summed E-state index contributed by atoms with van der Waals surface area (Å²) < 4.78 is 2.70. The molecule has 0 saturated carbocycles. The Kier molecular flexibility index (Phi) is 22.8. The molecule has 5 aromatic carbocycles. The molecular formula is C80H88S3. The van der Waals surface area contributed by atoms with Gasteiger partial charge in [0.15, 0.2) is 0 Å². The van der Waals surface area contributed by atoms with Gasteiger partial charge in [0, 0.05) is 48.4 Å². The van der Waals surface area contributed by atoms with Crippen molar-refractivity contribution < 1.29 is 0 Å². The first kappa shape index (κ1) is 62.4. The Balaban J connectivity index is 0.00000220. The van der Waals surface area contributed by atoms with Crippen LogP contribution < -0.4 is 0 Å². The highest BCUT2D eigenvalue weighted by Gasteiger charge is 2.39. The van der Waals surface area contributed by atoms with Gasteiger partial charge in [0.1, 0.15) is 0 Å². The lowest BCUT2D eigenvalue weighted by molar-refractivity contribution is 0.671. The van der Waals surface area contributed by atoms with Crippen LogP contribution in [0.5, 0.6) is 0 Å². The fraction of sp³-hybridized carbons (Fsp3) is 0.275. The van der Waals surface area contributed by atoms with Gasteiger partial charge >= 0.3 is 0 Å². The highest BCUT2D eigenvalue weighted by atomic mass is 32.2. The van der Waals surface area contributed by atoms with E-state index in [1.807, 2.05) is 62.6 Å². The Labute approximate surface area is 512 Å². The number of aryl methyl sites for hydroxylation is 2. The lowest BCUT2D eigenvalue weighted by atomic mass is 9.87. The molecule has 2 heterocycles. The number of thioether (sulfide) groups is 2. The molecule has 426 valence electrons. The van der Waals surface area contributed by atoms with E-state index >= 15 is 0 Å². The molecule has 3 atom stereocenters. The van der Waals surface area contributed by atoms with Gasteiger partial charge in [0.25, 0.3) is 0 Å². The monoisotopic (exact) mass is 1140 g/mol. The molecule has 10 rings (SSSR count). The van der Waals surface area contributed by atoms with Crippen LogP contribution in [0.1, 0.15) is 122 Å². The summed E-state index contributed by atoms with van der Waals surface area (Å²) in [5, 5.41) is 2.68. The zero-order valence-corrected chi connectivity index (χ0v) is 54.1. The molecule has 4 aliphatic rings. The van der Waals surface area contributed by atoms with Gasteiger partial charge in [-0.3, -0.25) is 0 Å². The second-order valence-corrected chi connectivity index (χ2v) is 25.1. The SMILES string of the molecule is C=C(C)/C=C(\C=C(/CC)C/C=C\C=C1/CSC2=C1C2C)C(=C/CC1C=C(c2cc(C)cc(-c3cccc4c3sc3ccccc34)c2)C=CC1)/SCC1=CC(C(=C/C(C)=C\C)/C=C/c2cccc(-c3ccccc3C)c2C)CC=C1.CC.CC. The van der Waals surface area contributed by atoms with E-state index in [4.69, 9.17) is 0 Å². The van der Waals surface area contributed by atoms with Crippen molar-refractivity contribution in [3.8, 4) is 22.3 Å². The number of benzene rings is 5. The van der Waals surface area contributed by atoms with Crippen molar-refractivity contribution in [2.24, 2.45) is 17.8 Å². The molecule has 0 N–H and O–H groups in total. The van der Waals surface area contributed by atoms with Crippen LogP contribution in [-0.2, 0) is 0 Å². The van der Waals surface area contributed by atoms with Gasteiger partial charge in [0.05, 0.1) is 0 Å². The van der Waals surface area contributed by atoms with Crippen molar-refractivity contribution in [3.63, 3.8) is 0 Å². The minimum atomic E-state index is 0.268. The summed E-state index contributed by atoms with van der Waals surface area (Å²) in [5.41, 5.74) is 23.8. The molecule has 3 aliphatic carbocycles. The zero-order valence-electron chi connectivity index (χ0n) is 51.7. The molecule has 6 aromatic rings. The first-order chi connectivity index (χ1) is 40.4. The number of thiophene rings is 1. The molecule has 0 amide bonds. The van der Waals surface area contributed by atoms with E-state index in [9.17, 15) is 0 Å². The Morgan fingerprint density at radius 1 is 0.771 bits per heavy atom. The van der Waals surface area contributed by atoms with Gasteiger partial charge in [-0.15, -0.1) is 34.9 Å². The van der Waals surface area contributed by atoms with Crippen molar-refractivity contribution in [2.45, 2.75) is 115 Å². The third-order valence-corrected chi connectivity index (χ3v) is 19.8. The predicted octanol–water partition coefficient (Wildman–Crippen LogP) is 24.8. The summed E-state index contributed by atoms with van der Waals surface area (Å²) in [6.45, 7) is 30.3. The average molecular weight is 1150 g/mol. The second kappa shape index (κ2) is 30.3. The maximum atomic E-state index is 4.45. The Hall–Kier alpha value is -6.62. The summed E-state index contributed by atoms with van der Waals surface area (Å²) in [6, 6.07) is 38.2. The lowest BCUT2D eigenvalue weighted by Crippen LogP contribution is -2.05. The average Bonchev–Trinajstić information content (AvgIpc) is 1.94. The third-order valence-electron chi connectivity index (χ3n) is 16.0. The van der Waals surface area contributed by atoms with Gasteiger partial charge in [-0.2, -0.15) is 0 Å². The van der Waals surface area contributed by atoms with E-state index in [0.717, 1.165) is 49.2 Å². The van der Waals surface area contributed by atoms with Crippen LogP contribution in [-0.4, -0.2) is 11.5 Å².